The fourth-order valence-corrected chi connectivity index (χ4v) is 2.93. The molecule has 1 aromatic carbocycles. The van der Waals surface area contributed by atoms with Crippen LogP contribution in [0.4, 0.5) is 43.9 Å². The van der Waals surface area contributed by atoms with Crippen molar-refractivity contribution in [2.45, 2.75) is 38.0 Å². The van der Waals surface area contributed by atoms with Gasteiger partial charge in [0.25, 0.3) is 0 Å². The number of hydrogen-bond acceptors (Lipinski definition) is 6. The standard InChI is InChI=1S/C18H19F6N5O/c19-17(20,21)11-30-16-27-14(25-13-7-5-6-12(10-13)18(22,23)24)26-15(28-16)29-8-3-1-2-4-9-29/h5-7,10H,1-4,8-9,11H2,(H,25,26,27,28). The molecule has 3 rings (SSSR count). The van der Waals surface area contributed by atoms with Gasteiger partial charge >= 0.3 is 18.4 Å². The first-order valence-electron chi connectivity index (χ1n) is 9.25. The molecule has 0 saturated carbocycles. The molecule has 30 heavy (non-hydrogen) atoms. The molecule has 1 saturated heterocycles. The largest absolute Gasteiger partial charge is 0.454 e. The number of rotatable bonds is 5. The summed E-state index contributed by atoms with van der Waals surface area (Å²) in [7, 11) is 0. The second-order valence-electron chi connectivity index (χ2n) is 6.75. The van der Waals surface area contributed by atoms with Crippen LogP contribution in [-0.4, -0.2) is 40.8 Å². The van der Waals surface area contributed by atoms with Gasteiger partial charge in [0, 0.05) is 18.8 Å². The van der Waals surface area contributed by atoms with Gasteiger partial charge in [-0.2, -0.15) is 41.3 Å². The Kier molecular flexibility index (Phi) is 6.52. The monoisotopic (exact) mass is 435 g/mol. The average Bonchev–Trinajstić information content (AvgIpc) is 2.95. The number of halogens is 6. The van der Waals surface area contributed by atoms with Gasteiger partial charge in [-0.1, -0.05) is 18.9 Å². The number of alkyl halides is 6. The molecule has 2 aromatic rings. The summed E-state index contributed by atoms with van der Waals surface area (Å²) in [6.07, 6.45) is -5.40. The van der Waals surface area contributed by atoms with Crippen molar-refractivity contribution in [2.75, 3.05) is 29.9 Å². The number of nitrogens with zero attached hydrogens (tertiary/aromatic N) is 4. The number of ether oxygens (including phenoxy) is 1. The Morgan fingerprint density at radius 1 is 0.933 bits per heavy atom. The zero-order valence-electron chi connectivity index (χ0n) is 15.7. The molecular weight excluding hydrogens is 416 g/mol. The lowest BCUT2D eigenvalue weighted by atomic mass is 10.2. The first-order chi connectivity index (χ1) is 14.1. The van der Waals surface area contributed by atoms with E-state index in [4.69, 9.17) is 0 Å². The van der Waals surface area contributed by atoms with Crippen LogP contribution in [0.15, 0.2) is 24.3 Å². The van der Waals surface area contributed by atoms with Crippen molar-refractivity contribution in [1.82, 2.24) is 15.0 Å². The molecule has 0 spiro atoms. The summed E-state index contributed by atoms with van der Waals surface area (Å²) in [6, 6.07) is 3.76. The van der Waals surface area contributed by atoms with Crippen molar-refractivity contribution in [1.29, 1.82) is 0 Å². The summed E-state index contributed by atoms with van der Waals surface area (Å²) in [4.78, 5) is 13.7. The lowest BCUT2D eigenvalue weighted by Gasteiger charge is -2.21. The zero-order valence-corrected chi connectivity index (χ0v) is 15.7. The fourth-order valence-electron chi connectivity index (χ4n) is 2.93. The van der Waals surface area contributed by atoms with Gasteiger partial charge in [0.1, 0.15) is 0 Å². The summed E-state index contributed by atoms with van der Waals surface area (Å²) in [5.74, 6) is -0.0979. The molecule has 1 aliphatic rings. The van der Waals surface area contributed by atoms with E-state index in [1.807, 2.05) is 0 Å². The van der Waals surface area contributed by atoms with Crippen molar-refractivity contribution in [2.24, 2.45) is 0 Å². The molecule has 1 fully saturated rings. The van der Waals surface area contributed by atoms with Crippen LogP contribution in [0.5, 0.6) is 6.01 Å². The van der Waals surface area contributed by atoms with E-state index in [2.05, 4.69) is 25.0 Å². The van der Waals surface area contributed by atoms with Gasteiger partial charge in [0.2, 0.25) is 11.9 Å². The van der Waals surface area contributed by atoms with Crippen LogP contribution >= 0.6 is 0 Å². The fraction of sp³-hybridized carbons (Fsp3) is 0.500. The maximum Gasteiger partial charge on any atom is 0.422 e. The van der Waals surface area contributed by atoms with Crippen LogP contribution in [-0.2, 0) is 6.18 Å². The van der Waals surface area contributed by atoms with Crippen molar-refractivity contribution >= 4 is 17.6 Å². The minimum Gasteiger partial charge on any atom is -0.454 e. The zero-order chi connectivity index (χ0) is 21.8. The van der Waals surface area contributed by atoms with Crippen molar-refractivity contribution in [3.63, 3.8) is 0 Å². The molecule has 0 radical (unpaired) electrons. The molecule has 1 N–H and O–H groups in total. The van der Waals surface area contributed by atoms with E-state index in [0.717, 1.165) is 37.8 Å². The third-order valence-corrected chi connectivity index (χ3v) is 4.30. The SMILES string of the molecule is FC(F)(F)COc1nc(Nc2cccc(C(F)(F)F)c2)nc(N2CCCCCC2)n1. The Labute approximate surface area is 168 Å². The second kappa shape index (κ2) is 8.92. The van der Waals surface area contributed by atoms with Crippen molar-refractivity contribution < 1.29 is 31.1 Å². The normalized spacial score (nSPS) is 15.6. The minimum absolute atomic E-state index is 0.0274. The quantitative estimate of drug-likeness (QED) is 0.671. The van der Waals surface area contributed by atoms with E-state index in [1.54, 1.807) is 4.90 Å². The molecule has 0 amide bonds. The Hall–Kier alpha value is -2.79. The van der Waals surface area contributed by atoms with Crippen LogP contribution in [0.3, 0.4) is 0 Å². The van der Waals surface area contributed by atoms with E-state index < -0.39 is 30.5 Å². The molecular formula is C18H19F6N5O. The summed E-state index contributed by atoms with van der Waals surface area (Å²) < 4.78 is 81.0. The molecule has 0 atom stereocenters. The molecule has 1 aliphatic heterocycles. The number of hydrogen-bond donors (Lipinski definition) is 1. The maximum absolute atomic E-state index is 12.9. The number of anilines is 3. The Bertz CT molecular complexity index is 850. The molecule has 0 bridgehead atoms. The van der Waals surface area contributed by atoms with E-state index in [0.29, 0.717) is 13.1 Å². The Balaban J connectivity index is 1.89. The lowest BCUT2D eigenvalue weighted by Crippen LogP contribution is -2.27. The van der Waals surface area contributed by atoms with Crippen LogP contribution in [0, 0.1) is 0 Å². The lowest BCUT2D eigenvalue weighted by molar-refractivity contribution is -0.154. The van der Waals surface area contributed by atoms with Crippen LogP contribution < -0.4 is 15.0 Å². The molecule has 1 aromatic heterocycles. The number of aromatic nitrogens is 3. The summed E-state index contributed by atoms with van der Waals surface area (Å²) in [5.41, 5.74) is -0.859. The highest BCUT2D eigenvalue weighted by Gasteiger charge is 2.31. The first-order valence-corrected chi connectivity index (χ1v) is 9.25. The summed E-state index contributed by atoms with van der Waals surface area (Å²) in [6.45, 7) is -0.392. The highest BCUT2D eigenvalue weighted by atomic mass is 19.4. The van der Waals surface area contributed by atoms with Gasteiger partial charge < -0.3 is 15.0 Å². The predicted molar refractivity (Wildman–Crippen MR) is 96.8 cm³/mol. The summed E-state index contributed by atoms with van der Waals surface area (Å²) >= 11 is 0. The third-order valence-electron chi connectivity index (χ3n) is 4.30. The highest BCUT2D eigenvalue weighted by molar-refractivity contribution is 5.56. The van der Waals surface area contributed by atoms with Gasteiger partial charge in [-0.05, 0) is 31.0 Å². The molecule has 6 nitrogen and oxygen atoms in total. The predicted octanol–water partition coefficient (Wildman–Crippen LogP) is 4.96. The van der Waals surface area contributed by atoms with Gasteiger partial charge in [0.15, 0.2) is 6.61 Å². The Morgan fingerprint density at radius 3 is 2.27 bits per heavy atom. The average molecular weight is 435 g/mol. The first kappa shape index (κ1) is 21.9. The highest BCUT2D eigenvalue weighted by Crippen LogP contribution is 2.31. The van der Waals surface area contributed by atoms with Gasteiger partial charge in [-0.25, -0.2) is 0 Å². The van der Waals surface area contributed by atoms with Crippen LogP contribution in [0.1, 0.15) is 31.2 Å². The summed E-state index contributed by atoms with van der Waals surface area (Å²) in [5, 5.41) is 2.60. The second-order valence-corrected chi connectivity index (χ2v) is 6.75. The molecule has 0 aliphatic carbocycles. The topological polar surface area (TPSA) is 63.2 Å². The van der Waals surface area contributed by atoms with Crippen molar-refractivity contribution in [3.8, 4) is 6.01 Å². The number of nitrogens with one attached hydrogen (secondary N) is 1. The number of benzene rings is 1. The molecule has 2 heterocycles. The molecule has 164 valence electrons. The van der Waals surface area contributed by atoms with E-state index in [9.17, 15) is 26.3 Å². The van der Waals surface area contributed by atoms with Crippen molar-refractivity contribution in [3.05, 3.63) is 29.8 Å². The Morgan fingerprint density at radius 2 is 1.63 bits per heavy atom. The van der Waals surface area contributed by atoms with Gasteiger partial charge in [-0.3, -0.25) is 0 Å². The maximum atomic E-state index is 12.9. The van der Waals surface area contributed by atoms with Gasteiger partial charge in [-0.15, -0.1) is 0 Å². The van der Waals surface area contributed by atoms with Crippen LogP contribution in [0.2, 0.25) is 0 Å². The van der Waals surface area contributed by atoms with Gasteiger partial charge in [0.05, 0.1) is 5.56 Å². The van der Waals surface area contributed by atoms with Crippen LogP contribution in [0.25, 0.3) is 0 Å². The molecule has 12 heteroatoms. The van der Waals surface area contributed by atoms with E-state index in [-0.39, 0.29) is 17.6 Å². The van der Waals surface area contributed by atoms with E-state index in [1.165, 1.54) is 12.1 Å². The molecule has 0 unspecified atom stereocenters. The smallest absolute Gasteiger partial charge is 0.422 e. The minimum atomic E-state index is -4.59. The van der Waals surface area contributed by atoms with E-state index >= 15 is 0 Å². The third kappa shape index (κ3) is 6.36.